The van der Waals surface area contributed by atoms with Crippen molar-refractivity contribution in [3.05, 3.63) is 35.9 Å². The fourth-order valence-electron chi connectivity index (χ4n) is 2.92. The molecule has 1 aromatic carbocycles. The topological polar surface area (TPSA) is 61.8 Å². The number of hydrogen-bond acceptors (Lipinski definition) is 3. The number of ether oxygens (including phenoxy) is 1. The minimum atomic E-state index is -0.997. The Hall–Kier alpha value is -1.59. The standard InChI is InChI=1S/C17H26N2O3/c1-17(2,3)15(18-16(20)21)14-12-19(9-10-22-14)11-13-7-5-4-6-8-13/h4-8,14-15,18H,9-12H2,1-3H3,(H,20,21)/t14-,15?/m0/s1. The highest BCUT2D eigenvalue weighted by atomic mass is 16.5. The van der Waals surface area contributed by atoms with Crippen LogP contribution in [0.15, 0.2) is 30.3 Å². The number of amides is 1. The summed E-state index contributed by atoms with van der Waals surface area (Å²) >= 11 is 0. The smallest absolute Gasteiger partial charge is 0.404 e. The van der Waals surface area contributed by atoms with Crippen LogP contribution in [0.1, 0.15) is 26.3 Å². The SMILES string of the molecule is CC(C)(C)C(NC(=O)O)[C@@H]1CN(Cc2ccccc2)CCO1. The maximum absolute atomic E-state index is 11.1. The van der Waals surface area contributed by atoms with Crippen LogP contribution in [0.5, 0.6) is 0 Å². The fourth-order valence-corrected chi connectivity index (χ4v) is 2.92. The zero-order valence-corrected chi connectivity index (χ0v) is 13.6. The highest BCUT2D eigenvalue weighted by molar-refractivity contribution is 5.65. The van der Waals surface area contributed by atoms with Crippen molar-refractivity contribution in [3.63, 3.8) is 0 Å². The molecule has 22 heavy (non-hydrogen) atoms. The first-order valence-corrected chi connectivity index (χ1v) is 7.73. The lowest BCUT2D eigenvalue weighted by Crippen LogP contribution is -2.57. The second-order valence-corrected chi connectivity index (χ2v) is 6.92. The number of carboxylic acid groups (broad SMARTS) is 1. The van der Waals surface area contributed by atoms with Crippen molar-refractivity contribution in [1.29, 1.82) is 0 Å². The summed E-state index contributed by atoms with van der Waals surface area (Å²) in [4.78, 5) is 13.4. The van der Waals surface area contributed by atoms with Gasteiger partial charge in [0.2, 0.25) is 0 Å². The van der Waals surface area contributed by atoms with Crippen LogP contribution in [0.25, 0.3) is 0 Å². The molecule has 1 heterocycles. The Morgan fingerprint density at radius 3 is 2.68 bits per heavy atom. The summed E-state index contributed by atoms with van der Waals surface area (Å²) in [6, 6.07) is 10.1. The number of benzene rings is 1. The summed E-state index contributed by atoms with van der Waals surface area (Å²) in [5.74, 6) is 0. The Kier molecular flexibility index (Phi) is 5.42. The minimum absolute atomic E-state index is 0.131. The first kappa shape index (κ1) is 16.8. The summed E-state index contributed by atoms with van der Waals surface area (Å²) in [6.45, 7) is 9.20. The molecule has 0 aromatic heterocycles. The Balaban J connectivity index is 2.03. The van der Waals surface area contributed by atoms with E-state index in [1.54, 1.807) is 0 Å². The highest BCUT2D eigenvalue weighted by Gasteiger charge is 2.37. The van der Waals surface area contributed by atoms with Gasteiger partial charge in [0, 0.05) is 19.6 Å². The summed E-state index contributed by atoms with van der Waals surface area (Å²) in [5, 5.41) is 11.7. The molecule has 2 atom stereocenters. The van der Waals surface area contributed by atoms with Crippen molar-refractivity contribution in [2.75, 3.05) is 19.7 Å². The molecule has 1 aliphatic rings. The van der Waals surface area contributed by atoms with E-state index in [-0.39, 0.29) is 17.6 Å². The number of hydrogen-bond donors (Lipinski definition) is 2. The van der Waals surface area contributed by atoms with Gasteiger partial charge in [-0.3, -0.25) is 4.90 Å². The second-order valence-electron chi connectivity index (χ2n) is 6.92. The van der Waals surface area contributed by atoms with Crippen LogP contribution in [-0.2, 0) is 11.3 Å². The van der Waals surface area contributed by atoms with E-state index in [1.165, 1.54) is 5.56 Å². The van der Waals surface area contributed by atoms with Crippen LogP contribution in [-0.4, -0.2) is 47.9 Å². The summed E-state index contributed by atoms with van der Waals surface area (Å²) in [6.07, 6.45) is -1.13. The zero-order chi connectivity index (χ0) is 16.2. The van der Waals surface area contributed by atoms with Gasteiger partial charge < -0.3 is 15.2 Å². The monoisotopic (exact) mass is 306 g/mol. The van der Waals surface area contributed by atoms with Crippen LogP contribution in [0.2, 0.25) is 0 Å². The van der Waals surface area contributed by atoms with Crippen molar-refractivity contribution in [2.24, 2.45) is 5.41 Å². The number of carbonyl (C=O) groups is 1. The van der Waals surface area contributed by atoms with Crippen molar-refractivity contribution in [1.82, 2.24) is 10.2 Å². The van der Waals surface area contributed by atoms with Crippen molar-refractivity contribution < 1.29 is 14.6 Å². The van der Waals surface area contributed by atoms with Gasteiger partial charge in [-0.15, -0.1) is 0 Å². The first-order chi connectivity index (χ1) is 10.4. The van der Waals surface area contributed by atoms with E-state index in [1.807, 2.05) is 39.0 Å². The molecule has 0 aliphatic carbocycles. The van der Waals surface area contributed by atoms with Gasteiger partial charge in [-0.2, -0.15) is 0 Å². The highest BCUT2D eigenvalue weighted by Crippen LogP contribution is 2.26. The largest absolute Gasteiger partial charge is 0.465 e. The maximum atomic E-state index is 11.1. The quantitative estimate of drug-likeness (QED) is 0.897. The zero-order valence-electron chi connectivity index (χ0n) is 13.6. The molecule has 122 valence electrons. The average Bonchev–Trinajstić information content (AvgIpc) is 2.45. The van der Waals surface area contributed by atoms with Crippen molar-refractivity contribution in [3.8, 4) is 0 Å². The molecule has 1 aromatic rings. The molecule has 0 spiro atoms. The van der Waals surface area contributed by atoms with Gasteiger partial charge in [-0.05, 0) is 11.0 Å². The number of nitrogens with zero attached hydrogens (tertiary/aromatic N) is 1. The molecule has 2 rings (SSSR count). The molecule has 1 aliphatic heterocycles. The average molecular weight is 306 g/mol. The number of nitrogens with one attached hydrogen (secondary N) is 1. The third-order valence-electron chi connectivity index (χ3n) is 4.01. The van der Waals surface area contributed by atoms with Crippen molar-refractivity contribution >= 4 is 6.09 Å². The van der Waals surface area contributed by atoms with Gasteiger partial charge in [-0.25, -0.2) is 4.79 Å². The van der Waals surface area contributed by atoms with E-state index in [0.29, 0.717) is 6.61 Å². The fraction of sp³-hybridized carbons (Fsp3) is 0.588. The number of morpholine rings is 1. The van der Waals surface area contributed by atoms with E-state index in [9.17, 15) is 4.79 Å². The normalized spacial score (nSPS) is 21.3. The Morgan fingerprint density at radius 2 is 2.09 bits per heavy atom. The molecular formula is C17H26N2O3. The minimum Gasteiger partial charge on any atom is -0.465 e. The van der Waals surface area contributed by atoms with Gasteiger partial charge in [-0.1, -0.05) is 51.1 Å². The molecule has 1 saturated heterocycles. The predicted molar refractivity (Wildman–Crippen MR) is 85.9 cm³/mol. The van der Waals surface area contributed by atoms with Gasteiger partial charge in [0.25, 0.3) is 0 Å². The Morgan fingerprint density at radius 1 is 1.41 bits per heavy atom. The van der Waals surface area contributed by atoms with Gasteiger partial charge in [0.05, 0.1) is 18.8 Å². The molecule has 2 N–H and O–H groups in total. The Bertz CT molecular complexity index is 484. The molecule has 1 unspecified atom stereocenters. The van der Waals surface area contributed by atoms with Crippen LogP contribution < -0.4 is 5.32 Å². The second kappa shape index (κ2) is 7.11. The first-order valence-electron chi connectivity index (χ1n) is 7.73. The van der Waals surface area contributed by atoms with Gasteiger partial charge in [0.15, 0.2) is 0 Å². The van der Waals surface area contributed by atoms with E-state index < -0.39 is 6.09 Å². The molecule has 0 saturated carbocycles. The lowest BCUT2D eigenvalue weighted by atomic mass is 9.82. The van der Waals surface area contributed by atoms with Crippen LogP contribution in [0.4, 0.5) is 4.79 Å². The van der Waals surface area contributed by atoms with E-state index in [0.717, 1.165) is 19.6 Å². The van der Waals surface area contributed by atoms with E-state index >= 15 is 0 Å². The van der Waals surface area contributed by atoms with Gasteiger partial charge >= 0.3 is 6.09 Å². The van der Waals surface area contributed by atoms with Crippen molar-refractivity contribution in [2.45, 2.75) is 39.5 Å². The van der Waals surface area contributed by atoms with E-state index in [4.69, 9.17) is 9.84 Å². The summed E-state index contributed by atoms with van der Waals surface area (Å²) in [5.41, 5.74) is 1.07. The predicted octanol–water partition coefficient (Wildman–Crippen LogP) is 2.57. The molecule has 1 amide bonds. The Labute approximate surface area is 132 Å². The summed E-state index contributed by atoms with van der Waals surface area (Å²) < 4.78 is 5.87. The molecule has 0 bridgehead atoms. The lowest BCUT2D eigenvalue weighted by Gasteiger charge is -2.42. The van der Waals surface area contributed by atoms with Gasteiger partial charge in [0.1, 0.15) is 0 Å². The molecule has 5 heteroatoms. The van der Waals surface area contributed by atoms with Crippen LogP contribution in [0, 0.1) is 5.41 Å². The third-order valence-corrected chi connectivity index (χ3v) is 4.01. The molecular weight excluding hydrogens is 280 g/mol. The lowest BCUT2D eigenvalue weighted by molar-refractivity contribution is -0.0660. The molecule has 5 nitrogen and oxygen atoms in total. The third kappa shape index (κ3) is 4.71. The summed E-state index contributed by atoms with van der Waals surface area (Å²) in [7, 11) is 0. The van der Waals surface area contributed by atoms with Crippen LogP contribution >= 0.6 is 0 Å². The molecule has 0 radical (unpaired) electrons. The van der Waals surface area contributed by atoms with Crippen LogP contribution in [0.3, 0.4) is 0 Å². The molecule has 1 fully saturated rings. The van der Waals surface area contributed by atoms with E-state index in [2.05, 4.69) is 22.3 Å². The maximum Gasteiger partial charge on any atom is 0.404 e. The number of rotatable bonds is 4.